The lowest BCUT2D eigenvalue weighted by Gasteiger charge is -2.32. The zero-order chi connectivity index (χ0) is 13.7. The number of rotatable bonds is 2. The van der Waals surface area contributed by atoms with Gasteiger partial charge >= 0.3 is 12.1 Å². The van der Waals surface area contributed by atoms with Crippen LogP contribution in [0.5, 0.6) is 0 Å². The van der Waals surface area contributed by atoms with Crippen LogP contribution in [0.3, 0.4) is 0 Å². The summed E-state index contributed by atoms with van der Waals surface area (Å²) in [6, 6.07) is 0.0567. The topological polar surface area (TPSA) is 61.9 Å². The van der Waals surface area contributed by atoms with Crippen LogP contribution in [0.15, 0.2) is 0 Å². The highest BCUT2D eigenvalue weighted by Crippen LogP contribution is 2.12. The van der Waals surface area contributed by atoms with Gasteiger partial charge in [0, 0.05) is 33.2 Å². The summed E-state index contributed by atoms with van der Waals surface area (Å²) < 4.78 is 5.14. The molecule has 3 amide bonds. The van der Waals surface area contributed by atoms with Gasteiger partial charge in [-0.15, -0.1) is 0 Å². The van der Waals surface area contributed by atoms with Gasteiger partial charge in [0.2, 0.25) is 0 Å². The molecule has 1 N–H and O–H groups in total. The third kappa shape index (κ3) is 4.43. The number of nitrogens with one attached hydrogen (secondary N) is 1. The molecule has 1 saturated heterocycles. The lowest BCUT2D eigenvalue weighted by Crippen LogP contribution is -2.49. The van der Waals surface area contributed by atoms with Crippen molar-refractivity contribution in [3.8, 4) is 0 Å². The standard InChI is InChI=1S/C12H23N3O3/c1-9(2)18-12(17)15-7-5-10(6-8-15)13-11(16)14(3)4/h9-10H,5-8H2,1-4H3,(H,13,16). The zero-order valence-electron chi connectivity index (χ0n) is 11.6. The molecule has 1 heterocycles. The number of hydrogen-bond donors (Lipinski definition) is 1. The SMILES string of the molecule is CC(C)OC(=O)N1CCC(NC(=O)N(C)C)CC1. The fourth-order valence-electron chi connectivity index (χ4n) is 1.79. The Hall–Kier alpha value is -1.46. The number of piperidine rings is 1. The van der Waals surface area contributed by atoms with E-state index in [1.807, 2.05) is 13.8 Å². The van der Waals surface area contributed by atoms with Crippen molar-refractivity contribution in [3.05, 3.63) is 0 Å². The summed E-state index contributed by atoms with van der Waals surface area (Å²) in [4.78, 5) is 26.3. The van der Waals surface area contributed by atoms with E-state index in [1.165, 1.54) is 4.90 Å². The van der Waals surface area contributed by atoms with Crippen molar-refractivity contribution in [2.24, 2.45) is 0 Å². The van der Waals surface area contributed by atoms with E-state index >= 15 is 0 Å². The van der Waals surface area contributed by atoms with Crippen LogP contribution in [0.2, 0.25) is 0 Å². The van der Waals surface area contributed by atoms with Crippen LogP contribution in [0.1, 0.15) is 26.7 Å². The Kier molecular flexibility index (Phi) is 5.25. The molecule has 0 atom stereocenters. The lowest BCUT2D eigenvalue weighted by molar-refractivity contribution is 0.0682. The molecule has 18 heavy (non-hydrogen) atoms. The first-order valence-corrected chi connectivity index (χ1v) is 6.33. The molecular formula is C12H23N3O3. The molecule has 1 rings (SSSR count). The molecule has 0 aliphatic carbocycles. The average Bonchev–Trinajstić information content (AvgIpc) is 2.28. The summed E-state index contributed by atoms with van der Waals surface area (Å²) in [6.07, 6.45) is 1.19. The average molecular weight is 257 g/mol. The zero-order valence-corrected chi connectivity index (χ0v) is 11.6. The quantitative estimate of drug-likeness (QED) is 0.810. The minimum atomic E-state index is -0.262. The Morgan fingerprint density at radius 1 is 1.28 bits per heavy atom. The number of hydrogen-bond acceptors (Lipinski definition) is 3. The predicted molar refractivity (Wildman–Crippen MR) is 68.4 cm³/mol. The first-order valence-electron chi connectivity index (χ1n) is 6.33. The van der Waals surface area contributed by atoms with Crippen LogP contribution in [-0.2, 0) is 4.74 Å². The van der Waals surface area contributed by atoms with E-state index < -0.39 is 0 Å². The molecule has 0 radical (unpaired) electrons. The second-order valence-electron chi connectivity index (χ2n) is 5.04. The van der Waals surface area contributed by atoms with Crippen LogP contribution in [0.25, 0.3) is 0 Å². The number of likely N-dealkylation sites (tertiary alicyclic amines) is 1. The van der Waals surface area contributed by atoms with E-state index in [1.54, 1.807) is 19.0 Å². The Balaban J connectivity index is 2.32. The minimum absolute atomic E-state index is 0.0850. The molecule has 0 bridgehead atoms. The highest BCUT2D eigenvalue weighted by Gasteiger charge is 2.25. The third-order valence-corrected chi connectivity index (χ3v) is 2.82. The molecule has 6 nitrogen and oxygen atoms in total. The van der Waals surface area contributed by atoms with Crippen molar-refractivity contribution in [2.75, 3.05) is 27.2 Å². The highest BCUT2D eigenvalue weighted by molar-refractivity contribution is 5.74. The van der Waals surface area contributed by atoms with Gasteiger partial charge in [0.05, 0.1) is 6.10 Å². The smallest absolute Gasteiger partial charge is 0.410 e. The Morgan fingerprint density at radius 2 is 1.83 bits per heavy atom. The molecule has 0 spiro atoms. The van der Waals surface area contributed by atoms with Crippen molar-refractivity contribution in [2.45, 2.75) is 38.8 Å². The maximum Gasteiger partial charge on any atom is 0.410 e. The first kappa shape index (κ1) is 14.6. The van der Waals surface area contributed by atoms with Gasteiger partial charge in [0.15, 0.2) is 0 Å². The summed E-state index contributed by atoms with van der Waals surface area (Å²) in [5, 5.41) is 2.93. The van der Waals surface area contributed by atoms with Gasteiger partial charge in [-0.05, 0) is 26.7 Å². The fourth-order valence-corrected chi connectivity index (χ4v) is 1.79. The van der Waals surface area contributed by atoms with Gasteiger partial charge in [-0.2, -0.15) is 0 Å². The monoisotopic (exact) mass is 257 g/mol. The summed E-state index contributed by atoms with van der Waals surface area (Å²) in [6.45, 7) is 4.93. The van der Waals surface area contributed by atoms with Crippen LogP contribution in [0.4, 0.5) is 9.59 Å². The third-order valence-electron chi connectivity index (χ3n) is 2.82. The fraction of sp³-hybridized carbons (Fsp3) is 0.833. The molecule has 1 fully saturated rings. The molecule has 6 heteroatoms. The Morgan fingerprint density at radius 3 is 2.28 bits per heavy atom. The summed E-state index contributed by atoms with van der Waals surface area (Å²) >= 11 is 0. The van der Waals surface area contributed by atoms with E-state index in [9.17, 15) is 9.59 Å². The minimum Gasteiger partial charge on any atom is -0.447 e. The number of amides is 3. The largest absolute Gasteiger partial charge is 0.447 e. The number of nitrogens with zero attached hydrogens (tertiary/aromatic N) is 2. The normalized spacial score (nSPS) is 16.6. The second kappa shape index (κ2) is 6.47. The van der Waals surface area contributed by atoms with Gasteiger partial charge in [-0.25, -0.2) is 9.59 Å². The first-order chi connectivity index (χ1) is 8.40. The van der Waals surface area contributed by atoms with Gasteiger partial charge in [-0.3, -0.25) is 0 Å². The van der Waals surface area contributed by atoms with Gasteiger partial charge < -0.3 is 19.9 Å². The number of ether oxygens (including phenoxy) is 1. The Bertz CT molecular complexity index is 297. The van der Waals surface area contributed by atoms with Gasteiger partial charge in [0.1, 0.15) is 0 Å². The molecule has 104 valence electrons. The Labute approximate surface area is 108 Å². The number of carbonyl (C=O) groups is 2. The van der Waals surface area contributed by atoms with Crippen molar-refractivity contribution < 1.29 is 14.3 Å². The van der Waals surface area contributed by atoms with E-state index in [0.29, 0.717) is 13.1 Å². The molecule has 0 aromatic carbocycles. The molecule has 0 aromatic heterocycles. The molecule has 0 unspecified atom stereocenters. The van der Waals surface area contributed by atoms with Gasteiger partial charge in [0.25, 0.3) is 0 Å². The lowest BCUT2D eigenvalue weighted by atomic mass is 10.1. The summed E-state index contributed by atoms with van der Waals surface area (Å²) in [5.41, 5.74) is 0. The van der Waals surface area contributed by atoms with E-state index in [-0.39, 0.29) is 24.3 Å². The van der Waals surface area contributed by atoms with E-state index in [2.05, 4.69) is 5.32 Å². The van der Waals surface area contributed by atoms with E-state index in [0.717, 1.165) is 12.8 Å². The van der Waals surface area contributed by atoms with Crippen LogP contribution < -0.4 is 5.32 Å². The predicted octanol–water partition coefficient (Wildman–Crippen LogP) is 1.27. The van der Waals surface area contributed by atoms with E-state index in [4.69, 9.17) is 4.74 Å². The number of urea groups is 1. The van der Waals surface area contributed by atoms with Gasteiger partial charge in [-0.1, -0.05) is 0 Å². The van der Waals surface area contributed by atoms with Crippen LogP contribution >= 0.6 is 0 Å². The summed E-state index contributed by atoms with van der Waals surface area (Å²) in [5.74, 6) is 0. The maximum absolute atomic E-state index is 11.7. The van der Waals surface area contributed by atoms with Crippen LogP contribution in [0, 0.1) is 0 Å². The molecule has 1 aliphatic heterocycles. The number of carbonyl (C=O) groups excluding carboxylic acids is 2. The maximum atomic E-state index is 11.7. The highest BCUT2D eigenvalue weighted by atomic mass is 16.6. The molecular weight excluding hydrogens is 234 g/mol. The molecule has 0 saturated carbocycles. The van der Waals surface area contributed by atoms with Crippen LogP contribution in [-0.4, -0.2) is 61.3 Å². The molecule has 0 aromatic rings. The van der Waals surface area contributed by atoms with Crippen molar-refractivity contribution in [1.29, 1.82) is 0 Å². The van der Waals surface area contributed by atoms with Crippen molar-refractivity contribution >= 4 is 12.1 Å². The second-order valence-corrected chi connectivity index (χ2v) is 5.04. The summed E-state index contributed by atoms with van der Waals surface area (Å²) in [7, 11) is 3.43. The molecule has 1 aliphatic rings. The van der Waals surface area contributed by atoms with Crippen molar-refractivity contribution in [1.82, 2.24) is 15.1 Å². The van der Waals surface area contributed by atoms with Crippen molar-refractivity contribution in [3.63, 3.8) is 0 Å².